The highest BCUT2D eigenvalue weighted by atomic mass is 16.3. The second-order valence-corrected chi connectivity index (χ2v) is 5.69. The Morgan fingerprint density at radius 1 is 0.583 bits per heavy atom. The number of carbonyl (C=O) groups excluding carboxylic acids is 3. The monoisotopic (exact) mass is 336 g/mol. The molecule has 0 fully saturated rings. The van der Waals surface area contributed by atoms with Gasteiger partial charge in [-0.25, -0.2) is 0 Å². The first-order valence-corrected chi connectivity index (χ1v) is 8.22. The molecule has 0 aliphatic carbocycles. The van der Waals surface area contributed by atoms with Gasteiger partial charge in [0.2, 0.25) is 0 Å². The predicted octanol–water partition coefficient (Wildman–Crippen LogP) is 3.75. The number of rotatable bonds is 9. The number of phenols is 3. The lowest BCUT2D eigenvalue weighted by atomic mass is 9.90. The van der Waals surface area contributed by atoms with Crippen LogP contribution in [-0.2, 0) is 0 Å². The van der Waals surface area contributed by atoms with Crippen LogP contribution < -0.4 is 0 Å². The van der Waals surface area contributed by atoms with Crippen molar-refractivity contribution in [2.45, 2.75) is 59.3 Å². The smallest absolute Gasteiger partial charge is 0.170 e. The number of benzene rings is 1. The third-order valence-corrected chi connectivity index (χ3v) is 3.69. The summed E-state index contributed by atoms with van der Waals surface area (Å²) >= 11 is 0. The maximum Gasteiger partial charge on any atom is 0.170 e. The number of ketones is 3. The predicted molar refractivity (Wildman–Crippen MR) is 89.2 cm³/mol. The van der Waals surface area contributed by atoms with Crippen molar-refractivity contribution in [2.75, 3.05) is 0 Å². The summed E-state index contributed by atoms with van der Waals surface area (Å²) in [5.41, 5.74) is -1.39. The number of carbonyl (C=O) groups is 3. The van der Waals surface area contributed by atoms with Crippen molar-refractivity contribution < 1.29 is 29.7 Å². The Hall–Kier alpha value is -2.37. The number of aromatic hydroxyl groups is 3. The summed E-state index contributed by atoms with van der Waals surface area (Å²) < 4.78 is 0. The maximum atomic E-state index is 12.2. The van der Waals surface area contributed by atoms with E-state index in [9.17, 15) is 29.7 Å². The summed E-state index contributed by atoms with van der Waals surface area (Å²) in [5, 5.41) is 30.9. The second kappa shape index (κ2) is 8.47. The molecule has 0 atom stereocenters. The maximum absolute atomic E-state index is 12.2. The van der Waals surface area contributed by atoms with Crippen LogP contribution in [0.15, 0.2) is 0 Å². The van der Waals surface area contributed by atoms with Gasteiger partial charge in [-0.1, -0.05) is 20.8 Å². The first kappa shape index (κ1) is 19.7. The zero-order valence-electron chi connectivity index (χ0n) is 14.3. The molecule has 24 heavy (non-hydrogen) atoms. The van der Waals surface area contributed by atoms with Gasteiger partial charge in [-0.15, -0.1) is 0 Å². The van der Waals surface area contributed by atoms with Gasteiger partial charge in [0.05, 0.1) is 0 Å². The molecule has 0 saturated heterocycles. The molecule has 0 aromatic heterocycles. The Labute approximate surface area is 141 Å². The third-order valence-electron chi connectivity index (χ3n) is 3.69. The highest BCUT2D eigenvalue weighted by molar-refractivity contribution is 6.14. The summed E-state index contributed by atoms with van der Waals surface area (Å²) in [4.78, 5) is 36.7. The Balaban J connectivity index is 3.74. The quantitative estimate of drug-likeness (QED) is 0.592. The van der Waals surface area contributed by atoms with Crippen LogP contribution in [0.4, 0.5) is 0 Å². The first-order chi connectivity index (χ1) is 11.3. The molecule has 0 aliphatic rings. The minimum absolute atomic E-state index is 0.0364. The van der Waals surface area contributed by atoms with Gasteiger partial charge in [-0.05, 0) is 19.3 Å². The summed E-state index contributed by atoms with van der Waals surface area (Å²) in [6, 6.07) is 0. The van der Waals surface area contributed by atoms with Crippen LogP contribution in [0, 0.1) is 0 Å². The normalized spacial score (nSPS) is 10.6. The van der Waals surface area contributed by atoms with Crippen molar-refractivity contribution in [3.05, 3.63) is 16.7 Å². The van der Waals surface area contributed by atoms with Gasteiger partial charge in [-0.3, -0.25) is 14.4 Å². The van der Waals surface area contributed by atoms with Crippen molar-refractivity contribution >= 4 is 17.3 Å². The highest BCUT2D eigenvalue weighted by Gasteiger charge is 2.32. The standard InChI is InChI=1S/C18H24O6/c1-4-7-10(19)13-16(22)14(11(20)8-5-2)18(24)15(17(13)23)12(21)9-6-3/h22-24H,4-9H2,1-3H3. The Morgan fingerprint density at radius 2 is 0.792 bits per heavy atom. The van der Waals surface area contributed by atoms with Gasteiger partial charge in [0.1, 0.15) is 33.9 Å². The van der Waals surface area contributed by atoms with Crippen LogP contribution in [0.5, 0.6) is 17.2 Å². The fraction of sp³-hybridized carbons (Fsp3) is 0.500. The molecule has 0 aliphatic heterocycles. The molecule has 0 radical (unpaired) electrons. The van der Waals surface area contributed by atoms with E-state index in [2.05, 4.69) is 0 Å². The van der Waals surface area contributed by atoms with E-state index in [0.29, 0.717) is 19.3 Å². The Kier molecular flexibility index (Phi) is 6.95. The van der Waals surface area contributed by atoms with Crippen LogP contribution in [0.3, 0.4) is 0 Å². The van der Waals surface area contributed by atoms with Gasteiger partial charge in [0, 0.05) is 19.3 Å². The van der Waals surface area contributed by atoms with Crippen molar-refractivity contribution in [3.63, 3.8) is 0 Å². The lowest BCUT2D eigenvalue weighted by Gasteiger charge is -2.16. The molecule has 0 unspecified atom stereocenters. The SMILES string of the molecule is CCCC(=O)c1c(O)c(C(=O)CCC)c(O)c(C(=O)CCC)c1O. The zero-order valence-corrected chi connectivity index (χ0v) is 14.3. The van der Waals surface area contributed by atoms with E-state index in [1.54, 1.807) is 20.8 Å². The third kappa shape index (κ3) is 3.75. The molecule has 0 bridgehead atoms. The van der Waals surface area contributed by atoms with Crippen LogP contribution >= 0.6 is 0 Å². The fourth-order valence-corrected chi connectivity index (χ4v) is 2.56. The van der Waals surface area contributed by atoms with Gasteiger partial charge in [0.25, 0.3) is 0 Å². The molecule has 6 nitrogen and oxygen atoms in total. The van der Waals surface area contributed by atoms with Crippen LogP contribution in [0.25, 0.3) is 0 Å². The first-order valence-electron chi connectivity index (χ1n) is 8.22. The molecule has 0 saturated carbocycles. The Bertz CT molecular complexity index is 548. The van der Waals surface area contributed by atoms with E-state index in [4.69, 9.17) is 0 Å². The molecule has 132 valence electrons. The van der Waals surface area contributed by atoms with Crippen LogP contribution in [-0.4, -0.2) is 32.7 Å². The number of phenolic OH excluding ortho intramolecular Hbond substituents is 3. The molecule has 3 N–H and O–H groups in total. The molecule has 0 heterocycles. The molecule has 1 rings (SSSR count). The number of hydrogen-bond acceptors (Lipinski definition) is 6. The number of Topliss-reactive ketones (excluding diaryl/α,β-unsaturated/α-hetero) is 3. The summed E-state index contributed by atoms with van der Waals surface area (Å²) in [5.74, 6) is -4.00. The Morgan fingerprint density at radius 3 is 0.958 bits per heavy atom. The average Bonchev–Trinajstić information content (AvgIpc) is 2.47. The molecule has 0 amide bonds. The molecular formula is C18H24O6. The highest BCUT2D eigenvalue weighted by Crippen LogP contribution is 2.44. The fourth-order valence-electron chi connectivity index (χ4n) is 2.56. The zero-order chi connectivity index (χ0) is 18.4. The summed E-state index contributed by atoms with van der Waals surface area (Å²) in [6.45, 7) is 5.25. The van der Waals surface area contributed by atoms with E-state index in [1.165, 1.54) is 0 Å². The van der Waals surface area contributed by atoms with E-state index in [0.717, 1.165) is 0 Å². The lowest BCUT2D eigenvalue weighted by Crippen LogP contribution is -2.11. The summed E-state index contributed by atoms with van der Waals surface area (Å²) in [6.07, 6.45) is 1.51. The van der Waals surface area contributed by atoms with E-state index in [-0.39, 0.29) is 19.3 Å². The van der Waals surface area contributed by atoms with Crippen molar-refractivity contribution in [1.29, 1.82) is 0 Å². The van der Waals surface area contributed by atoms with Gasteiger partial charge >= 0.3 is 0 Å². The average molecular weight is 336 g/mol. The van der Waals surface area contributed by atoms with Gasteiger partial charge < -0.3 is 15.3 Å². The number of hydrogen-bond donors (Lipinski definition) is 3. The van der Waals surface area contributed by atoms with Gasteiger partial charge in [-0.2, -0.15) is 0 Å². The molecular weight excluding hydrogens is 312 g/mol. The minimum atomic E-state index is -0.755. The van der Waals surface area contributed by atoms with Crippen LogP contribution in [0.2, 0.25) is 0 Å². The molecule has 6 heteroatoms. The van der Waals surface area contributed by atoms with E-state index < -0.39 is 51.3 Å². The van der Waals surface area contributed by atoms with E-state index in [1.807, 2.05) is 0 Å². The molecule has 1 aromatic carbocycles. The van der Waals surface area contributed by atoms with Crippen LogP contribution in [0.1, 0.15) is 90.4 Å². The van der Waals surface area contributed by atoms with E-state index >= 15 is 0 Å². The topological polar surface area (TPSA) is 112 Å². The van der Waals surface area contributed by atoms with Crippen molar-refractivity contribution in [1.82, 2.24) is 0 Å². The summed E-state index contributed by atoms with van der Waals surface area (Å²) in [7, 11) is 0. The molecule has 1 aromatic rings. The molecule has 0 spiro atoms. The minimum Gasteiger partial charge on any atom is -0.506 e. The van der Waals surface area contributed by atoms with Crippen molar-refractivity contribution in [2.24, 2.45) is 0 Å². The largest absolute Gasteiger partial charge is 0.506 e. The second-order valence-electron chi connectivity index (χ2n) is 5.69. The van der Waals surface area contributed by atoms with Crippen molar-refractivity contribution in [3.8, 4) is 17.2 Å². The lowest BCUT2D eigenvalue weighted by molar-refractivity contribution is 0.0971. The van der Waals surface area contributed by atoms with Gasteiger partial charge in [0.15, 0.2) is 17.3 Å².